The minimum atomic E-state index is -1.75. The summed E-state index contributed by atoms with van der Waals surface area (Å²) in [6, 6.07) is 6.91. The molecule has 0 radical (unpaired) electrons. The molecule has 166 valence electrons. The Morgan fingerprint density at radius 3 is 1.75 bits per heavy atom. The molecule has 3 heterocycles. The number of pyridine rings is 1. The fraction of sp³-hybridized carbons (Fsp3) is 0.250. The molecule has 0 amide bonds. The van der Waals surface area contributed by atoms with Gasteiger partial charge in [-0.05, 0) is 30.7 Å². The van der Waals surface area contributed by atoms with Gasteiger partial charge in [0.1, 0.15) is 0 Å². The van der Waals surface area contributed by atoms with Gasteiger partial charge in [0.25, 0.3) is 0 Å². The van der Waals surface area contributed by atoms with Gasteiger partial charge in [0.15, 0.2) is 11.6 Å². The topological polar surface area (TPSA) is 207 Å². The Kier molecular flexibility index (Phi) is 13.1. The normalized spacial score (nSPS) is 9.16. The average Bonchev–Trinajstić information content (AvgIpc) is 3.41. The standard InChI is InChI=1S/C16H17N5O2.2NO3.Zn/c1-2-3-10-23-16(22)13-11-14(20-8-4-6-17-20)19-15(12-13)21-9-5-7-18-21;2*2-1(3)4;/h4-9,11-12H,2-3,10H2,1H3;;;/q;2*-1;+2. The van der Waals surface area contributed by atoms with Gasteiger partial charge >= 0.3 is 25.4 Å². The Balaban J connectivity index is 0.000000928. The van der Waals surface area contributed by atoms with Gasteiger partial charge in [-0.15, -0.1) is 0 Å². The second-order valence-corrected chi connectivity index (χ2v) is 5.41. The fourth-order valence-electron chi connectivity index (χ4n) is 2.06. The zero-order chi connectivity index (χ0) is 23.2. The molecule has 0 aliphatic heterocycles. The summed E-state index contributed by atoms with van der Waals surface area (Å²) >= 11 is 0. The minimum Gasteiger partial charge on any atom is -0.462 e. The average molecular weight is 501 g/mol. The number of esters is 1. The molecule has 16 heteroatoms. The molecular formula is C16H17N7O8Zn. The summed E-state index contributed by atoms with van der Waals surface area (Å²) in [6.07, 6.45) is 8.65. The number of ether oxygens (including phenoxy) is 1. The summed E-state index contributed by atoms with van der Waals surface area (Å²) in [6.45, 7) is 2.46. The molecular weight excluding hydrogens is 484 g/mol. The summed E-state index contributed by atoms with van der Waals surface area (Å²) in [7, 11) is 0. The van der Waals surface area contributed by atoms with E-state index in [0.29, 0.717) is 23.8 Å². The third-order valence-electron chi connectivity index (χ3n) is 3.24. The third-order valence-corrected chi connectivity index (χ3v) is 3.24. The van der Waals surface area contributed by atoms with Crippen LogP contribution in [0.2, 0.25) is 0 Å². The first-order valence-corrected chi connectivity index (χ1v) is 8.56. The van der Waals surface area contributed by atoms with Gasteiger partial charge < -0.3 is 35.4 Å². The van der Waals surface area contributed by atoms with E-state index in [1.54, 1.807) is 58.4 Å². The number of carbonyl (C=O) groups is 1. The van der Waals surface area contributed by atoms with Crippen LogP contribution in [0.3, 0.4) is 0 Å². The maximum absolute atomic E-state index is 12.3. The molecule has 0 bridgehead atoms. The minimum absolute atomic E-state index is 0. The Morgan fingerprint density at radius 2 is 1.41 bits per heavy atom. The van der Waals surface area contributed by atoms with Crippen LogP contribution in [0.25, 0.3) is 11.6 Å². The van der Waals surface area contributed by atoms with Crippen LogP contribution >= 0.6 is 0 Å². The van der Waals surface area contributed by atoms with Crippen molar-refractivity contribution >= 4 is 5.97 Å². The molecule has 0 saturated carbocycles. The van der Waals surface area contributed by atoms with Gasteiger partial charge in [-0.25, -0.2) is 19.1 Å². The predicted molar refractivity (Wildman–Crippen MR) is 104 cm³/mol. The molecule has 0 unspecified atom stereocenters. The first kappa shape index (κ1) is 28.1. The number of rotatable bonds is 6. The maximum atomic E-state index is 12.3. The SMILES string of the molecule is CCCCOC(=O)c1cc(-n2cccn2)nc(-n2cccn2)c1.O=[N+]([O-])[O-].O=[N+]([O-])[O-].[Zn+2]. The van der Waals surface area contributed by atoms with Crippen molar-refractivity contribution in [1.82, 2.24) is 24.5 Å². The van der Waals surface area contributed by atoms with Crippen molar-refractivity contribution in [2.75, 3.05) is 6.61 Å². The van der Waals surface area contributed by atoms with Crippen molar-refractivity contribution in [3.8, 4) is 11.6 Å². The number of hydrogen-bond donors (Lipinski definition) is 0. The molecule has 0 atom stereocenters. The van der Waals surface area contributed by atoms with Crippen LogP contribution in [0.1, 0.15) is 30.1 Å². The zero-order valence-corrected chi connectivity index (χ0v) is 19.8. The van der Waals surface area contributed by atoms with Gasteiger partial charge in [0.2, 0.25) is 0 Å². The largest absolute Gasteiger partial charge is 2.00 e. The van der Waals surface area contributed by atoms with E-state index in [1.807, 2.05) is 6.92 Å². The number of aromatic nitrogens is 5. The fourth-order valence-corrected chi connectivity index (χ4v) is 2.06. The Hall–Kier alpha value is -3.94. The maximum Gasteiger partial charge on any atom is 2.00 e. The second-order valence-electron chi connectivity index (χ2n) is 5.41. The first-order valence-electron chi connectivity index (χ1n) is 8.56. The van der Waals surface area contributed by atoms with Crippen molar-refractivity contribution in [2.24, 2.45) is 0 Å². The van der Waals surface area contributed by atoms with E-state index in [0.717, 1.165) is 12.8 Å². The number of carbonyl (C=O) groups excluding carboxylic acids is 1. The van der Waals surface area contributed by atoms with Crippen LogP contribution in [0.15, 0.2) is 49.1 Å². The van der Waals surface area contributed by atoms with E-state index in [4.69, 9.17) is 35.4 Å². The number of nitrogens with zero attached hydrogens (tertiary/aromatic N) is 7. The van der Waals surface area contributed by atoms with Gasteiger partial charge in [-0.1, -0.05) is 13.3 Å². The van der Waals surface area contributed by atoms with E-state index in [-0.39, 0.29) is 25.4 Å². The molecule has 0 aromatic carbocycles. The molecule has 3 aromatic rings. The van der Waals surface area contributed by atoms with Crippen molar-refractivity contribution in [2.45, 2.75) is 19.8 Å². The van der Waals surface area contributed by atoms with Crippen LogP contribution in [-0.2, 0) is 24.2 Å². The molecule has 0 spiro atoms. The van der Waals surface area contributed by atoms with Gasteiger partial charge in [-0.2, -0.15) is 10.2 Å². The Bertz CT molecular complexity index is 894. The van der Waals surface area contributed by atoms with Crippen LogP contribution in [-0.4, -0.2) is 47.3 Å². The zero-order valence-electron chi connectivity index (χ0n) is 16.8. The third kappa shape index (κ3) is 10.7. The van der Waals surface area contributed by atoms with Gasteiger partial charge in [0.05, 0.1) is 22.3 Å². The predicted octanol–water partition coefficient (Wildman–Crippen LogP) is 1.93. The smallest absolute Gasteiger partial charge is 0.462 e. The van der Waals surface area contributed by atoms with E-state index in [1.165, 1.54) is 0 Å². The second kappa shape index (κ2) is 15.0. The van der Waals surface area contributed by atoms with E-state index in [9.17, 15) is 4.79 Å². The molecule has 3 rings (SSSR count). The summed E-state index contributed by atoms with van der Waals surface area (Å²) in [5, 5.41) is 37.8. The monoisotopic (exact) mass is 499 g/mol. The summed E-state index contributed by atoms with van der Waals surface area (Å²) in [5.74, 6) is 0.693. The van der Waals surface area contributed by atoms with E-state index in [2.05, 4.69) is 15.2 Å². The van der Waals surface area contributed by atoms with Crippen molar-refractivity contribution < 1.29 is 39.2 Å². The van der Waals surface area contributed by atoms with E-state index >= 15 is 0 Å². The molecule has 0 aliphatic rings. The van der Waals surface area contributed by atoms with Crippen LogP contribution in [0, 0.1) is 30.6 Å². The number of unbranched alkanes of at least 4 members (excludes halogenated alkanes) is 1. The molecule has 0 saturated heterocycles. The number of hydrogen-bond acceptors (Lipinski definition) is 11. The van der Waals surface area contributed by atoms with Gasteiger partial charge in [0, 0.05) is 24.8 Å². The molecule has 3 aromatic heterocycles. The van der Waals surface area contributed by atoms with Crippen LogP contribution in [0.4, 0.5) is 0 Å². The van der Waals surface area contributed by atoms with Crippen LogP contribution < -0.4 is 0 Å². The van der Waals surface area contributed by atoms with Crippen molar-refractivity contribution in [1.29, 1.82) is 0 Å². The summed E-state index contributed by atoms with van der Waals surface area (Å²) in [5.41, 5.74) is 0.423. The summed E-state index contributed by atoms with van der Waals surface area (Å²) in [4.78, 5) is 33.2. The Morgan fingerprint density at radius 1 is 0.969 bits per heavy atom. The molecule has 15 nitrogen and oxygen atoms in total. The molecule has 0 aliphatic carbocycles. The van der Waals surface area contributed by atoms with Crippen molar-refractivity contribution in [3.05, 3.63) is 85.3 Å². The van der Waals surface area contributed by atoms with Crippen LogP contribution in [0.5, 0.6) is 0 Å². The van der Waals surface area contributed by atoms with E-state index < -0.39 is 10.2 Å². The molecule has 0 fully saturated rings. The first-order chi connectivity index (χ1) is 14.7. The Labute approximate surface area is 193 Å². The quantitative estimate of drug-likeness (QED) is 0.157. The molecule has 32 heavy (non-hydrogen) atoms. The van der Waals surface area contributed by atoms with Gasteiger partial charge in [-0.3, -0.25) is 0 Å². The summed E-state index contributed by atoms with van der Waals surface area (Å²) < 4.78 is 8.47. The molecule has 0 N–H and O–H groups in total. The van der Waals surface area contributed by atoms with Crippen molar-refractivity contribution in [3.63, 3.8) is 0 Å².